The molecule has 2 amide bonds. The van der Waals surface area contributed by atoms with Crippen LogP contribution in [-0.2, 0) is 11.3 Å². The molecule has 3 rings (SSSR count). The van der Waals surface area contributed by atoms with Gasteiger partial charge in [-0.1, -0.05) is 44.2 Å². The third kappa shape index (κ3) is 3.58. The van der Waals surface area contributed by atoms with Gasteiger partial charge in [-0.3, -0.25) is 9.59 Å². The van der Waals surface area contributed by atoms with Crippen LogP contribution in [0, 0.1) is 5.92 Å². The summed E-state index contributed by atoms with van der Waals surface area (Å²) < 4.78 is 0. The Morgan fingerprint density at radius 2 is 1.80 bits per heavy atom. The van der Waals surface area contributed by atoms with Crippen LogP contribution in [0.4, 0.5) is 5.69 Å². The number of para-hydroxylation sites is 1. The number of benzene rings is 2. The SMILES string of the molecule is CC(=O)NCc1ccc(C(=O)N2CC(C(C)C)c3ccccc32)cc1. The van der Waals surface area contributed by atoms with Gasteiger partial charge in [0, 0.05) is 37.2 Å². The Bertz CT molecular complexity index is 781. The van der Waals surface area contributed by atoms with E-state index < -0.39 is 0 Å². The zero-order valence-corrected chi connectivity index (χ0v) is 15.0. The average molecular weight is 336 g/mol. The van der Waals surface area contributed by atoms with Gasteiger partial charge < -0.3 is 10.2 Å². The highest BCUT2D eigenvalue weighted by atomic mass is 16.2. The summed E-state index contributed by atoms with van der Waals surface area (Å²) in [5.41, 5.74) is 3.93. The fourth-order valence-corrected chi connectivity index (χ4v) is 3.35. The van der Waals surface area contributed by atoms with Gasteiger partial charge in [0.15, 0.2) is 0 Å². The minimum Gasteiger partial charge on any atom is -0.352 e. The molecule has 2 aromatic carbocycles. The third-order valence-electron chi connectivity index (χ3n) is 4.80. The number of amides is 2. The van der Waals surface area contributed by atoms with Crippen molar-refractivity contribution in [2.45, 2.75) is 33.2 Å². The molecular weight excluding hydrogens is 312 g/mol. The van der Waals surface area contributed by atoms with E-state index in [0.717, 1.165) is 17.8 Å². The van der Waals surface area contributed by atoms with Crippen molar-refractivity contribution in [1.29, 1.82) is 0 Å². The van der Waals surface area contributed by atoms with Gasteiger partial charge in [0.25, 0.3) is 5.91 Å². The molecule has 4 nitrogen and oxygen atoms in total. The van der Waals surface area contributed by atoms with E-state index in [1.807, 2.05) is 47.4 Å². The lowest BCUT2D eigenvalue weighted by molar-refractivity contribution is -0.119. The van der Waals surface area contributed by atoms with Gasteiger partial charge >= 0.3 is 0 Å². The third-order valence-corrected chi connectivity index (χ3v) is 4.80. The second-order valence-corrected chi connectivity index (χ2v) is 6.93. The molecule has 0 saturated heterocycles. The minimum absolute atomic E-state index is 0.0293. The van der Waals surface area contributed by atoms with Crippen molar-refractivity contribution in [3.05, 3.63) is 65.2 Å². The Morgan fingerprint density at radius 1 is 1.12 bits per heavy atom. The molecule has 0 fully saturated rings. The van der Waals surface area contributed by atoms with Crippen LogP contribution in [0.15, 0.2) is 48.5 Å². The first-order valence-corrected chi connectivity index (χ1v) is 8.71. The van der Waals surface area contributed by atoms with Gasteiger partial charge in [-0.2, -0.15) is 0 Å². The number of carbonyl (C=O) groups excluding carboxylic acids is 2. The molecule has 1 heterocycles. The smallest absolute Gasteiger partial charge is 0.258 e. The number of carbonyl (C=O) groups is 2. The van der Waals surface area contributed by atoms with Crippen LogP contribution in [0.5, 0.6) is 0 Å². The number of hydrogen-bond acceptors (Lipinski definition) is 2. The number of nitrogens with zero attached hydrogens (tertiary/aromatic N) is 1. The molecule has 0 aromatic heterocycles. The van der Waals surface area contributed by atoms with Crippen molar-refractivity contribution in [1.82, 2.24) is 5.32 Å². The fourth-order valence-electron chi connectivity index (χ4n) is 3.35. The van der Waals surface area contributed by atoms with Crippen LogP contribution in [-0.4, -0.2) is 18.4 Å². The van der Waals surface area contributed by atoms with Crippen molar-refractivity contribution in [2.24, 2.45) is 5.92 Å². The highest BCUT2D eigenvalue weighted by Gasteiger charge is 2.33. The number of hydrogen-bond donors (Lipinski definition) is 1. The normalized spacial score (nSPS) is 16.0. The molecule has 130 valence electrons. The van der Waals surface area contributed by atoms with Crippen molar-refractivity contribution < 1.29 is 9.59 Å². The van der Waals surface area contributed by atoms with E-state index in [1.54, 1.807) is 0 Å². The van der Waals surface area contributed by atoms with E-state index in [0.29, 0.717) is 23.9 Å². The maximum atomic E-state index is 13.0. The van der Waals surface area contributed by atoms with Gasteiger partial charge in [-0.15, -0.1) is 0 Å². The van der Waals surface area contributed by atoms with E-state index in [2.05, 4.69) is 25.2 Å². The molecule has 4 heteroatoms. The van der Waals surface area contributed by atoms with Gasteiger partial charge in [-0.25, -0.2) is 0 Å². The largest absolute Gasteiger partial charge is 0.352 e. The van der Waals surface area contributed by atoms with E-state index in [9.17, 15) is 9.59 Å². The predicted molar refractivity (Wildman–Crippen MR) is 99.7 cm³/mol. The minimum atomic E-state index is -0.0615. The summed E-state index contributed by atoms with van der Waals surface area (Å²) in [5.74, 6) is 0.827. The zero-order valence-electron chi connectivity index (χ0n) is 15.0. The maximum absolute atomic E-state index is 13.0. The lowest BCUT2D eigenvalue weighted by Gasteiger charge is -2.19. The Kier molecular flexibility index (Phi) is 4.88. The molecule has 0 aliphatic carbocycles. The molecule has 0 bridgehead atoms. The zero-order chi connectivity index (χ0) is 18.0. The monoisotopic (exact) mass is 336 g/mol. The molecule has 0 saturated carbocycles. The van der Waals surface area contributed by atoms with E-state index >= 15 is 0 Å². The summed E-state index contributed by atoms with van der Waals surface area (Å²) >= 11 is 0. The molecule has 0 spiro atoms. The molecule has 1 aliphatic heterocycles. The highest BCUT2D eigenvalue weighted by molar-refractivity contribution is 6.07. The number of anilines is 1. The lowest BCUT2D eigenvalue weighted by atomic mass is 9.90. The topological polar surface area (TPSA) is 49.4 Å². The molecule has 0 radical (unpaired) electrons. The molecule has 1 atom stereocenters. The molecule has 1 unspecified atom stereocenters. The Balaban J connectivity index is 1.80. The Labute approximate surface area is 148 Å². The van der Waals surface area contributed by atoms with Crippen LogP contribution in [0.1, 0.15) is 48.2 Å². The summed E-state index contributed by atoms with van der Waals surface area (Å²) in [6, 6.07) is 15.6. The van der Waals surface area contributed by atoms with Gasteiger partial charge in [0.1, 0.15) is 0 Å². The summed E-state index contributed by atoms with van der Waals surface area (Å²) in [6.07, 6.45) is 0. The molecule has 1 N–H and O–H groups in total. The first-order valence-electron chi connectivity index (χ1n) is 8.71. The number of nitrogens with one attached hydrogen (secondary N) is 1. The molecule has 1 aliphatic rings. The van der Waals surface area contributed by atoms with Crippen LogP contribution >= 0.6 is 0 Å². The standard InChI is InChI=1S/C21H24N2O2/c1-14(2)19-13-23(20-7-5-4-6-18(19)20)21(25)17-10-8-16(9-11-17)12-22-15(3)24/h4-11,14,19H,12-13H2,1-3H3,(H,22,24). The second-order valence-electron chi connectivity index (χ2n) is 6.93. The summed E-state index contributed by atoms with van der Waals surface area (Å²) in [5, 5.41) is 2.76. The highest BCUT2D eigenvalue weighted by Crippen LogP contribution is 2.40. The van der Waals surface area contributed by atoms with Crippen LogP contribution < -0.4 is 10.2 Å². The quantitative estimate of drug-likeness (QED) is 0.925. The molecule has 25 heavy (non-hydrogen) atoms. The van der Waals surface area contributed by atoms with Crippen molar-refractivity contribution in [2.75, 3.05) is 11.4 Å². The van der Waals surface area contributed by atoms with Crippen LogP contribution in [0.25, 0.3) is 0 Å². The van der Waals surface area contributed by atoms with Gasteiger partial charge in [0.2, 0.25) is 5.91 Å². The maximum Gasteiger partial charge on any atom is 0.258 e. The predicted octanol–water partition coefficient (Wildman–Crippen LogP) is 3.72. The molecule has 2 aromatic rings. The van der Waals surface area contributed by atoms with Crippen molar-refractivity contribution in [3.8, 4) is 0 Å². The number of fused-ring (bicyclic) bond motifs is 1. The van der Waals surface area contributed by atoms with E-state index in [-0.39, 0.29) is 11.8 Å². The van der Waals surface area contributed by atoms with E-state index in [1.165, 1.54) is 12.5 Å². The number of rotatable bonds is 4. The van der Waals surface area contributed by atoms with Gasteiger partial charge in [-0.05, 0) is 35.2 Å². The Hall–Kier alpha value is -2.62. The first kappa shape index (κ1) is 17.2. The van der Waals surface area contributed by atoms with Crippen LogP contribution in [0.2, 0.25) is 0 Å². The summed E-state index contributed by atoms with van der Waals surface area (Å²) in [6.45, 7) is 7.10. The summed E-state index contributed by atoms with van der Waals surface area (Å²) in [4.78, 5) is 25.9. The average Bonchev–Trinajstić information content (AvgIpc) is 3.00. The first-order chi connectivity index (χ1) is 12.0. The van der Waals surface area contributed by atoms with Crippen molar-refractivity contribution >= 4 is 17.5 Å². The van der Waals surface area contributed by atoms with E-state index in [4.69, 9.17) is 0 Å². The molecular formula is C21H24N2O2. The second kappa shape index (κ2) is 7.09. The lowest BCUT2D eigenvalue weighted by Crippen LogP contribution is -2.30. The van der Waals surface area contributed by atoms with Crippen LogP contribution in [0.3, 0.4) is 0 Å². The Morgan fingerprint density at radius 3 is 2.44 bits per heavy atom. The summed E-state index contributed by atoms with van der Waals surface area (Å²) in [7, 11) is 0. The van der Waals surface area contributed by atoms with Gasteiger partial charge in [0.05, 0.1) is 0 Å². The van der Waals surface area contributed by atoms with Crippen molar-refractivity contribution in [3.63, 3.8) is 0 Å². The fraction of sp³-hybridized carbons (Fsp3) is 0.333.